The summed E-state index contributed by atoms with van der Waals surface area (Å²) in [6, 6.07) is 9.07. The number of carbonyl (C=O) groups excluding carboxylic acids is 1. The molecule has 0 aliphatic rings. The number of aromatic amines is 1. The second-order valence-electron chi connectivity index (χ2n) is 4.45. The first-order valence-electron chi connectivity index (χ1n) is 6.14. The van der Waals surface area contributed by atoms with Crippen molar-refractivity contribution in [3.63, 3.8) is 0 Å². The number of carbonyl (C=O) groups is 1. The third kappa shape index (κ3) is 2.59. The molecule has 0 bridgehead atoms. The van der Waals surface area contributed by atoms with Crippen LogP contribution in [0.25, 0.3) is 11.0 Å². The number of fused-ring (bicyclic) bond motifs is 1. The van der Waals surface area contributed by atoms with Gasteiger partial charge in [0.1, 0.15) is 5.82 Å². The number of benzene rings is 1. The minimum absolute atomic E-state index is 0.101. The minimum atomic E-state index is -0.101. The molecule has 100 valence electrons. The van der Waals surface area contributed by atoms with Crippen molar-refractivity contribution in [3.05, 3.63) is 48.4 Å². The molecule has 0 fully saturated rings. The summed E-state index contributed by atoms with van der Waals surface area (Å²) in [5.41, 5.74) is 8.85. The molecule has 0 spiro atoms. The van der Waals surface area contributed by atoms with E-state index in [4.69, 9.17) is 5.73 Å². The number of nitrogen functional groups attached to an aromatic ring is 1. The van der Waals surface area contributed by atoms with Gasteiger partial charge in [-0.25, -0.2) is 9.97 Å². The van der Waals surface area contributed by atoms with E-state index in [1.807, 2.05) is 18.2 Å². The molecule has 4 N–H and O–H groups in total. The van der Waals surface area contributed by atoms with Crippen LogP contribution >= 0.6 is 0 Å². The first-order valence-corrected chi connectivity index (χ1v) is 6.14. The predicted molar refractivity (Wildman–Crippen MR) is 77.1 cm³/mol. The summed E-state index contributed by atoms with van der Waals surface area (Å²) < 4.78 is 0. The van der Waals surface area contributed by atoms with Crippen molar-refractivity contribution in [3.8, 4) is 0 Å². The maximum absolute atomic E-state index is 11.9. The Morgan fingerprint density at radius 3 is 2.95 bits per heavy atom. The lowest BCUT2D eigenvalue weighted by Crippen LogP contribution is -2.14. The van der Waals surface area contributed by atoms with Crippen molar-refractivity contribution in [2.24, 2.45) is 0 Å². The lowest BCUT2D eigenvalue weighted by atomic mass is 10.1. The van der Waals surface area contributed by atoms with Crippen LogP contribution in [-0.4, -0.2) is 20.9 Å². The molecule has 0 aliphatic heterocycles. The van der Waals surface area contributed by atoms with Crippen LogP contribution in [0, 0.1) is 0 Å². The number of hydrogen-bond donors (Lipinski definition) is 3. The predicted octanol–water partition coefficient (Wildman–Crippen LogP) is 1.72. The van der Waals surface area contributed by atoms with Gasteiger partial charge in [0.25, 0.3) is 0 Å². The zero-order chi connectivity index (χ0) is 13.9. The van der Waals surface area contributed by atoms with Gasteiger partial charge in [-0.15, -0.1) is 0 Å². The molecule has 1 amide bonds. The molecular weight excluding hydrogens is 254 g/mol. The van der Waals surface area contributed by atoms with E-state index in [0.717, 1.165) is 16.6 Å². The van der Waals surface area contributed by atoms with Gasteiger partial charge in [0.05, 0.1) is 35.7 Å². The van der Waals surface area contributed by atoms with Crippen molar-refractivity contribution in [2.45, 2.75) is 6.42 Å². The SMILES string of the molecule is Nc1ccc(NC(=O)Cc2ccc3nc[nH]c3c2)cn1. The smallest absolute Gasteiger partial charge is 0.228 e. The second kappa shape index (κ2) is 5.00. The fourth-order valence-corrected chi connectivity index (χ4v) is 1.96. The van der Waals surface area contributed by atoms with Crippen molar-refractivity contribution < 1.29 is 4.79 Å². The standard InChI is InChI=1S/C14H13N5O/c15-13-4-2-10(7-16-13)19-14(20)6-9-1-3-11-12(5-9)18-8-17-11/h1-5,7-8H,6H2,(H2,15,16)(H,17,18)(H,19,20). The van der Waals surface area contributed by atoms with E-state index in [0.29, 0.717) is 17.9 Å². The molecule has 3 rings (SSSR count). The van der Waals surface area contributed by atoms with Crippen LogP contribution in [-0.2, 0) is 11.2 Å². The van der Waals surface area contributed by atoms with Gasteiger partial charge in [-0.3, -0.25) is 4.79 Å². The quantitative estimate of drug-likeness (QED) is 0.673. The molecular formula is C14H13N5O. The molecule has 6 heteroatoms. The van der Waals surface area contributed by atoms with Crippen molar-refractivity contribution in [1.82, 2.24) is 15.0 Å². The summed E-state index contributed by atoms with van der Waals surface area (Å²) in [5.74, 6) is 0.322. The highest BCUT2D eigenvalue weighted by Crippen LogP contribution is 2.13. The summed E-state index contributed by atoms with van der Waals surface area (Å²) >= 11 is 0. The molecule has 0 atom stereocenters. The number of nitrogens with one attached hydrogen (secondary N) is 2. The molecule has 0 aliphatic carbocycles. The van der Waals surface area contributed by atoms with Gasteiger partial charge in [-0.1, -0.05) is 6.07 Å². The minimum Gasteiger partial charge on any atom is -0.384 e. The Balaban J connectivity index is 1.70. The Bertz CT molecular complexity index is 748. The van der Waals surface area contributed by atoms with E-state index in [2.05, 4.69) is 20.3 Å². The first kappa shape index (κ1) is 12.2. The summed E-state index contributed by atoms with van der Waals surface area (Å²) in [6.07, 6.45) is 3.46. The average molecular weight is 267 g/mol. The molecule has 3 aromatic rings. The van der Waals surface area contributed by atoms with Gasteiger partial charge in [-0.2, -0.15) is 0 Å². The van der Waals surface area contributed by atoms with Crippen molar-refractivity contribution in [1.29, 1.82) is 0 Å². The van der Waals surface area contributed by atoms with Gasteiger partial charge in [0.2, 0.25) is 5.91 Å². The first-order chi connectivity index (χ1) is 9.70. The van der Waals surface area contributed by atoms with Gasteiger partial charge in [-0.05, 0) is 29.8 Å². The molecule has 20 heavy (non-hydrogen) atoms. The van der Waals surface area contributed by atoms with Crippen LogP contribution in [0.15, 0.2) is 42.9 Å². The van der Waals surface area contributed by atoms with E-state index in [1.54, 1.807) is 18.5 Å². The van der Waals surface area contributed by atoms with Crippen LogP contribution in [0.4, 0.5) is 11.5 Å². The Morgan fingerprint density at radius 1 is 1.25 bits per heavy atom. The van der Waals surface area contributed by atoms with E-state index in [9.17, 15) is 4.79 Å². The zero-order valence-electron chi connectivity index (χ0n) is 10.6. The lowest BCUT2D eigenvalue weighted by molar-refractivity contribution is -0.115. The number of nitrogens with two attached hydrogens (primary N) is 1. The molecule has 2 aromatic heterocycles. The zero-order valence-corrected chi connectivity index (χ0v) is 10.6. The van der Waals surface area contributed by atoms with E-state index >= 15 is 0 Å². The summed E-state index contributed by atoms with van der Waals surface area (Å²) in [6.45, 7) is 0. The number of nitrogens with zero attached hydrogens (tertiary/aromatic N) is 2. The lowest BCUT2D eigenvalue weighted by Gasteiger charge is -2.05. The molecule has 1 aromatic carbocycles. The monoisotopic (exact) mass is 267 g/mol. The normalized spacial score (nSPS) is 10.6. The van der Waals surface area contributed by atoms with Crippen LogP contribution in [0.5, 0.6) is 0 Å². The summed E-state index contributed by atoms with van der Waals surface area (Å²) in [4.78, 5) is 23.0. The van der Waals surface area contributed by atoms with Crippen LogP contribution < -0.4 is 11.1 Å². The maximum Gasteiger partial charge on any atom is 0.228 e. The Hall–Kier alpha value is -2.89. The number of aromatic nitrogens is 3. The number of hydrogen-bond acceptors (Lipinski definition) is 4. The number of anilines is 2. The van der Waals surface area contributed by atoms with Crippen LogP contribution in [0.2, 0.25) is 0 Å². The Kier molecular flexibility index (Phi) is 3.04. The molecule has 0 radical (unpaired) electrons. The van der Waals surface area contributed by atoms with E-state index < -0.39 is 0 Å². The highest BCUT2D eigenvalue weighted by molar-refractivity contribution is 5.92. The topological polar surface area (TPSA) is 96.7 Å². The number of H-pyrrole nitrogens is 1. The molecule has 0 saturated carbocycles. The molecule has 0 saturated heterocycles. The summed E-state index contributed by atoms with van der Waals surface area (Å²) in [5, 5.41) is 2.78. The molecule has 6 nitrogen and oxygen atoms in total. The van der Waals surface area contributed by atoms with Crippen LogP contribution in [0.1, 0.15) is 5.56 Å². The average Bonchev–Trinajstić information content (AvgIpc) is 2.89. The van der Waals surface area contributed by atoms with Crippen LogP contribution in [0.3, 0.4) is 0 Å². The fourth-order valence-electron chi connectivity index (χ4n) is 1.96. The second-order valence-corrected chi connectivity index (χ2v) is 4.45. The van der Waals surface area contributed by atoms with Gasteiger partial charge >= 0.3 is 0 Å². The highest BCUT2D eigenvalue weighted by Gasteiger charge is 2.06. The Labute approximate surface area is 115 Å². The molecule has 2 heterocycles. The number of amides is 1. The van der Waals surface area contributed by atoms with Gasteiger partial charge < -0.3 is 16.0 Å². The van der Waals surface area contributed by atoms with Crippen molar-refractivity contribution in [2.75, 3.05) is 11.1 Å². The van der Waals surface area contributed by atoms with E-state index in [-0.39, 0.29) is 5.91 Å². The number of rotatable bonds is 3. The third-order valence-electron chi connectivity index (χ3n) is 2.92. The van der Waals surface area contributed by atoms with Gasteiger partial charge in [0.15, 0.2) is 0 Å². The van der Waals surface area contributed by atoms with E-state index in [1.165, 1.54) is 6.20 Å². The van der Waals surface area contributed by atoms with Gasteiger partial charge in [0, 0.05) is 0 Å². The van der Waals surface area contributed by atoms with Crippen molar-refractivity contribution >= 4 is 28.4 Å². The number of imidazole rings is 1. The molecule has 0 unspecified atom stereocenters. The fraction of sp³-hybridized carbons (Fsp3) is 0.0714. The third-order valence-corrected chi connectivity index (χ3v) is 2.92. The number of pyridine rings is 1. The largest absolute Gasteiger partial charge is 0.384 e. The summed E-state index contributed by atoms with van der Waals surface area (Å²) in [7, 11) is 0. The Morgan fingerprint density at radius 2 is 2.15 bits per heavy atom. The highest BCUT2D eigenvalue weighted by atomic mass is 16.1. The maximum atomic E-state index is 11.9.